The zero-order valence-electron chi connectivity index (χ0n) is 14.3. The van der Waals surface area contributed by atoms with Crippen LogP contribution in [0.25, 0.3) is 11.3 Å². The van der Waals surface area contributed by atoms with Crippen LogP contribution in [0.1, 0.15) is 12.8 Å². The summed E-state index contributed by atoms with van der Waals surface area (Å²) in [4.78, 5) is 24.2. The number of halogens is 1. The molecule has 4 rings (SSSR count). The van der Waals surface area contributed by atoms with E-state index < -0.39 is 0 Å². The van der Waals surface area contributed by atoms with Gasteiger partial charge < -0.3 is 5.32 Å². The number of allylic oxidation sites excluding steroid dienone is 2. The molecule has 6 heteroatoms. The van der Waals surface area contributed by atoms with Crippen LogP contribution < -0.4 is 10.9 Å². The molecule has 1 amide bonds. The molecule has 2 aliphatic carbocycles. The molecule has 5 nitrogen and oxygen atoms in total. The summed E-state index contributed by atoms with van der Waals surface area (Å²) in [5.41, 5.74) is 0.874. The van der Waals surface area contributed by atoms with Gasteiger partial charge >= 0.3 is 0 Å². The van der Waals surface area contributed by atoms with E-state index in [9.17, 15) is 14.0 Å². The fourth-order valence-corrected chi connectivity index (χ4v) is 3.90. The number of fused-ring (bicyclic) bond motifs is 2. The summed E-state index contributed by atoms with van der Waals surface area (Å²) in [5.74, 6) is 1.17. The summed E-state index contributed by atoms with van der Waals surface area (Å²) in [7, 11) is 0. The monoisotopic (exact) mass is 353 g/mol. The van der Waals surface area contributed by atoms with Gasteiger partial charge in [0, 0.05) is 18.2 Å². The summed E-state index contributed by atoms with van der Waals surface area (Å²) in [5, 5.41) is 7.17. The Hall–Kier alpha value is -2.76. The van der Waals surface area contributed by atoms with E-state index in [4.69, 9.17) is 0 Å². The van der Waals surface area contributed by atoms with Crippen molar-refractivity contribution in [1.82, 2.24) is 15.1 Å². The summed E-state index contributed by atoms with van der Waals surface area (Å²) >= 11 is 0. The molecule has 0 spiro atoms. The summed E-state index contributed by atoms with van der Waals surface area (Å²) < 4.78 is 14.2. The van der Waals surface area contributed by atoms with Gasteiger partial charge in [0.1, 0.15) is 12.4 Å². The lowest BCUT2D eigenvalue weighted by Gasteiger charge is -2.18. The molecule has 0 radical (unpaired) electrons. The van der Waals surface area contributed by atoms with Crippen molar-refractivity contribution < 1.29 is 9.18 Å². The molecule has 2 bridgehead atoms. The fraction of sp³-hybridized carbons (Fsp3) is 0.350. The molecule has 1 fully saturated rings. The molecule has 26 heavy (non-hydrogen) atoms. The largest absolute Gasteiger partial charge is 0.354 e. The van der Waals surface area contributed by atoms with Crippen molar-refractivity contribution in [3.05, 3.63) is 64.7 Å². The van der Waals surface area contributed by atoms with Gasteiger partial charge in [0.15, 0.2) is 0 Å². The minimum absolute atomic E-state index is 0.121. The summed E-state index contributed by atoms with van der Waals surface area (Å²) in [6.07, 6.45) is 6.84. The van der Waals surface area contributed by atoms with E-state index in [-0.39, 0.29) is 23.8 Å². The van der Waals surface area contributed by atoms with Crippen molar-refractivity contribution >= 4 is 5.91 Å². The highest BCUT2D eigenvalue weighted by atomic mass is 19.1. The van der Waals surface area contributed by atoms with Crippen LogP contribution in [-0.2, 0) is 11.3 Å². The highest BCUT2D eigenvalue weighted by Crippen LogP contribution is 2.42. The Morgan fingerprint density at radius 1 is 1.15 bits per heavy atom. The summed E-state index contributed by atoms with van der Waals surface area (Å²) in [6.45, 7) is 0.515. The molecular weight excluding hydrogens is 333 g/mol. The van der Waals surface area contributed by atoms with E-state index in [1.807, 2.05) is 0 Å². The zero-order chi connectivity index (χ0) is 18.1. The minimum Gasteiger partial charge on any atom is -0.354 e. The number of nitrogens with zero attached hydrogens (tertiary/aromatic N) is 2. The summed E-state index contributed by atoms with van der Waals surface area (Å²) in [6, 6.07) is 8.81. The van der Waals surface area contributed by atoms with E-state index in [0.29, 0.717) is 35.6 Å². The van der Waals surface area contributed by atoms with Gasteiger partial charge in [-0.1, -0.05) is 12.2 Å². The first kappa shape index (κ1) is 16.7. The molecule has 1 aromatic carbocycles. The van der Waals surface area contributed by atoms with E-state index in [0.717, 1.165) is 11.1 Å². The van der Waals surface area contributed by atoms with E-state index in [1.54, 1.807) is 18.2 Å². The lowest BCUT2D eigenvalue weighted by Crippen LogP contribution is -2.36. The Kier molecular flexibility index (Phi) is 4.41. The third-order valence-electron chi connectivity index (χ3n) is 5.28. The van der Waals surface area contributed by atoms with Gasteiger partial charge in [-0.05, 0) is 60.9 Å². The third kappa shape index (κ3) is 3.45. The maximum atomic E-state index is 13.1. The molecule has 0 saturated heterocycles. The van der Waals surface area contributed by atoms with Gasteiger partial charge in [0.25, 0.3) is 5.56 Å². The average molecular weight is 353 g/mol. The fourth-order valence-electron chi connectivity index (χ4n) is 3.90. The van der Waals surface area contributed by atoms with Crippen LogP contribution >= 0.6 is 0 Å². The van der Waals surface area contributed by atoms with Crippen LogP contribution in [-0.4, -0.2) is 22.2 Å². The number of benzene rings is 1. The molecule has 1 saturated carbocycles. The molecule has 3 atom stereocenters. The standard InChI is InChI=1S/C20H20FN3O2/c21-17-5-3-14(4-6-17)18-7-8-20(26)24(23-18)12-19(25)22-11-16-10-13-1-2-15(16)9-13/h1-8,13,15-16H,9-12H2,(H,22,25)/t13-,15-,16-/m0/s1. The Morgan fingerprint density at radius 2 is 1.96 bits per heavy atom. The van der Waals surface area contributed by atoms with Crippen molar-refractivity contribution in [2.24, 2.45) is 17.8 Å². The molecule has 0 unspecified atom stereocenters. The van der Waals surface area contributed by atoms with Gasteiger partial charge in [-0.3, -0.25) is 9.59 Å². The minimum atomic E-state index is -0.339. The van der Waals surface area contributed by atoms with Crippen molar-refractivity contribution in [3.63, 3.8) is 0 Å². The topological polar surface area (TPSA) is 64.0 Å². The number of hydrogen-bond donors (Lipinski definition) is 1. The first-order valence-electron chi connectivity index (χ1n) is 8.87. The SMILES string of the molecule is O=C(Cn1nc(-c2ccc(F)cc2)ccc1=O)NC[C@@H]1C[C@H]2C=C[C@H]1C2. The number of carbonyl (C=O) groups is 1. The van der Waals surface area contributed by atoms with Crippen LogP contribution in [0.4, 0.5) is 4.39 Å². The first-order valence-corrected chi connectivity index (χ1v) is 8.87. The molecule has 0 aliphatic heterocycles. The van der Waals surface area contributed by atoms with Gasteiger partial charge in [-0.25, -0.2) is 9.07 Å². The second-order valence-electron chi connectivity index (χ2n) is 7.07. The maximum Gasteiger partial charge on any atom is 0.267 e. The predicted molar refractivity (Wildman–Crippen MR) is 95.7 cm³/mol. The van der Waals surface area contributed by atoms with Crippen LogP contribution in [0.2, 0.25) is 0 Å². The highest BCUT2D eigenvalue weighted by molar-refractivity contribution is 5.75. The molecule has 2 aliphatic rings. The number of rotatable bonds is 5. The first-order chi connectivity index (χ1) is 12.6. The molecule has 2 aromatic rings. The lowest BCUT2D eigenvalue weighted by atomic mass is 9.94. The van der Waals surface area contributed by atoms with Crippen LogP contribution in [0.15, 0.2) is 53.3 Å². The van der Waals surface area contributed by atoms with E-state index in [1.165, 1.54) is 24.6 Å². The van der Waals surface area contributed by atoms with E-state index in [2.05, 4.69) is 22.6 Å². The Morgan fingerprint density at radius 3 is 2.65 bits per heavy atom. The number of carbonyl (C=O) groups excluding carboxylic acids is 1. The van der Waals surface area contributed by atoms with E-state index >= 15 is 0 Å². The third-order valence-corrected chi connectivity index (χ3v) is 5.28. The Labute approximate surface area is 150 Å². The molecule has 1 N–H and O–H groups in total. The van der Waals surface area contributed by atoms with Crippen LogP contribution in [0.3, 0.4) is 0 Å². The maximum absolute atomic E-state index is 13.1. The molecule has 1 aromatic heterocycles. The molecular formula is C20H20FN3O2. The van der Waals surface area contributed by atoms with Gasteiger partial charge in [0.2, 0.25) is 5.91 Å². The second kappa shape index (κ2) is 6.86. The van der Waals surface area contributed by atoms with Crippen LogP contribution in [0.5, 0.6) is 0 Å². The Balaban J connectivity index is 1.41. The predicted octanol–water partition coefficient (Wildman–Crippen LogP) is 2.38. The number of nitrogens with one attached hydrogen (secondary N) is 1. The van der Waals surface area contributed by atoms with Crippen molar-refractivity contribution in [2.75, 3.05) is 6.54 Å². The molecule has 134 valence electrons. The normalized spacial score (nSPS) is 23.3. The van der Waals surface area contributed by atoms with Crippen molar-refractivity contribution in [1.29, 1.82) is 0 Å². The zero-order valence-corrected chi connectivity index (χ0v) is 14.3. The average Bonchev–Trinajstić information content (AvgIpc) is 3.26. The van der Waals surface area contributed by atoms with Crippen molar-refractivity contribution in [3.8, 4) is 11.3 Å². The van der Waals surface area contributed by atoms with Gasteiger partial charge in [-0.15, -0.1) is 0 Å². The van der Waals surface area contributed by atoms with Gasteiger partial charge in [0.05, 0.1) is 5.69 Å². The van der Waals surface area contributed by atoms with Crippen LogP contribution in [0, 0.1) is 23.6 Å². The lowest BCUT2D eigenvalue weighted by molar-refractivity contribution is -0.122. The number of amides is 1. The molecule has 1 heterocycles. The second-order valence-corrected chi connectivity index (χ2v) is 7.07. The smallest absolute Gasteiger partial charge is 0.267 e. The number of aromatic nitrogens is 2. The highest BCUT2D eigenvalue weighted by Gasteiger charge is 2.35. The quantitative estimate of drug-likeness (QED) is 0.840. The van der Waals surface area contributed by atoms with Gasteiger partial charge in [-0.2, -0.15) is 5.10 Å². The van der Waals surface area contributed by atoms with Crippen molar-refractivity contribution in [2.45, 2.75) is 19.4 Å². The number of hydrogen-bond acceptors (Lipinski definition) is 3. The Bertz CT molecular complexity index is 904.